The highest BCUT2D eigenvalue weighted by Crippen LogP contribution is 2.18. The van der Waals surface area contributed by atoms with E-state index in [1.54, 1.807) is 11.0 Å². The molecule has 1 amide bonds. The van der Waals surface area contributed by atoms with Gasteiger partial charge in [0, 0.05) is 25.1 Å². The molecule has 0 fully saturated rings. The zero-order valence-corrected chi connectivity index (χ0v) is 15.8. The molecule has 0 atom stereocenters. The maximum absolute atomic E-state index is 13.0. The van der Waals surface area contributed by atoms with Crippen molar-refractivity contribution in [1.29, 1.82) is 0 Å². The van der Waals surface area contributed by atoms with Gasteiger partial charge in [-0.2, -0.15) is 5.10 Å². The predicted octanol–water partition coefficient (Wildman–Crippen LogP) is 0.981. The fourth-order valence-corrected chi connectivity index (χ4v) is 3.43. The van der Waals surface area contributed by atoms with Crippen LogP contribution in [0.15, 0.2) is 36.7 Å². The first-order chi connectivity index (χ1) is 14.1. The van der Waals surface area contributed by atoms with E-state index in [2.05, 4.69) is 20.6 Å². The van der Waals surface area contributed by atoms with Gasteiger partial charge in [0.1, 0.15) is 6.33 Å². The summed E-state index contributed by atoms with van der Waals surface area (Å²) in [6.45, 7) is 2.38. The third-order valence-electron chi connectivity index (χ3n) is 4.88. The Labute approximate surface area is 166 Å². The SMILES string of the molecule is O=C(O)CCc1cc2n(n1)CCCN(C(=O)c1ccc(Cn3cnnn3)cc1)C2. The van der Waals surface area contributed by atoms with Crippen molar-refractivity contribution in [3.63, 3.8) is 0 Å². The number of aromatic nitrogens is 6. The van der Waals surface area contributed by atoms with Crippen LogP contribution < -0.4 is 0 Å². The van der Waals surface area contributed by atoms with Crippen LogP contribution in [-0.2, 0) is 30.8 Å². The number of amides is 1. The number of hydrogen-bond donors (Lipinski definition) is 1. The fourth-order valence-electron chi connectivity index (χ4n) is 3.43. The van der Waals surface area contributed by atoms with Crippen molar-refractivity contribution >= 4 is 11.9 Å². The molecule has 29 heavy (non-hydrogen) atoms. The van der Waals surface area contributed by atoms with Gasteiger partial charge in [-0.15, -0.1) is 5.10 Å². The van der Waals surface area contributed by atoms with Crippen molar-refractivity contribution in [2.45, 2.75) is 38.9 Å². The first kappa shape index (κ1) is 18.8. The van der Waals surface area contributed by atoms with E-state index in [0.29, 0.717) is 31.6 Å². The van der Waals surface area contributed by atoms with Crippen LogP contribution >= 0.6 is 0 Å². The fraction of sp³-hybridized carbons (Fsp3) is 0.368. The smallest absolute Gasteiger partial charge is 0.303 e. The third kappa shape index (κ3) is 4.48. The van der Waals surface area contributed by atoms with Gasteiger partial charge in [-0.25, -0.2) is 4.68 Å². The molecule has 0 spiro atoms. The lowest BCUT2D eigenvalue weighted by Crippen LogP contribution is -2.30. The summed E-state index contributed by atoms with van der Waals surface area (Å²) >= 11 is 0. The van der Waals surface area contributed by atoms with Crippen LogP contribution in [0.3, 0.4) is 0 Å². The Balaban J connectivity index is 1.44. The third-order valence-corrected chi connectivity index (χ3v) is 4.88. The Morgan fingerprint density at radius 1 is 1.14 bits per heavy atom. The molecule has 4 rings (SSSR count). The molecule has 3 aromatic rings. The second-order valence-corrected chi connectivity index (χ2v) is 7.03. The highest BCUT2D eigenvalue weighted by atomic mass is 16.4. The molecular weight excluding hydrogens is 374 g/mol. The van der Waals surface area contributed by atoms with Gasteiger partial charge in [0.2, 0.25) is 0 Å². The zero-order valence-electron chi connectivity index (χ0n) is 15.8. The molecule has 150 valence electrons. The van der Waals surface area contributed by atoms with E-state index < -0.39 is 5.97 Å². The first-order valence-corrected chi connectivity index (χ1v) is 9.45. The Hall–Kier alpha value is -3.56. The number of carbonyl (C=O) groups is 2. The minimum atomic E-state index is -0.839. The molecule has 1 aliphatic heterocycles. The average Bonchev–Trinajstić information content (AvgIpc) is 3.31. The van der Waals surface area contributed by atoms with E-state index in [4.69, 9.17) is 5.11 Å². The van der Waals surface area contributed by atoms with Crippen LogP contribution in [0.4, 0.5) is 0 Å². The number of fused-ring (bicyclic) bond motifs is 1. The molecule has 1 N–H and O–H groups in total. The largest absolute Gasteiger partial charge is 0.481 e. The maximum Gasteiger partial charge on any atom is 0.303 e. The van der Waals surface area contributed by atoms with Crippen molar-refractivity contribution in [2.75, 3.05) is 6.54 Å². The standard InChI is InChI=1S/C19H21N7O3/c27-18(28)7-6-16-10-17-12-24(8-1-9-26(17)21-16)19(29)15-4-2-14(3-5-15)11-25-13-20-22-23-25/h2-5,10,13H,1,6-9,11-12H2,(H,27,28). The van der Waals surface area contributed by atoms with E-state index in [1.807, 2.05) is 39.9 Å². The lowest BCUT2D eigenvalue weighted by molar-refractivity contribution is -0.136. The summed E-state index contributed by atoms with van der Waals surface area (Å²) in [6, 6.07) is 9.36. The number of rotatable bonds is 6. The summed E-state index contributed by atoms with van der Waals surface area (Å²) in [5, 5.41) is 24.4. The van der Waals surface area contributed by atoms with Crippen molar-refractivity contribution in [1.82, 2.24) is 34.9 Å². The summed E-state index contributed by atoms with van der Waals surface area (Å²) in [7, 11) is 0. The van der Waals surface area contributed by atoms with Gasteiger partial charge in [0.15, 0.2) is 0 Å². The van der Waals surface area contributed by atoms with E-state index in [9.17, 15) is 9.59 Å². The van der Waals surface area contributed by atoms with Crippen LogP contribution in [0.5, 0.6) is 0 Å². The van der Waals surface area contributed by atoms with Crippen molar-refractivity contribution < 1.29 is 14.7 Å². The number of carboxylic acids is 1. The van der Waals surface area contributed by atoms with Crippen molar-refractivity contribution in [3.05, 3.63) is 59.2 Å². The lowest BCUT2D eigenvalue weighted by atomic mass is 10.1. The van der Waals surface area contributed by atoms with Crippen LogP contribution in [0, 0.1) is 0 Å². The van der Waals surface area contributed by atoms with Crippen LogP contribution in [0.2, 0.25) is 0 Å². The Morgan fingerprint density at radius 2 is 1.97 bits per heavy atom. The molecule has 0 saturated carbocycles. The summed E-state index contributed by atoms with van der Waals surface area (Å²) in [4.78, 5) is 25.6. The van der Waals surface area contributed by atoms with Gasteiger partial charge >= 0.3 is 5.97 Å². The molecule has 10 heteroatoms. The first-order valence-electron chi connectivity index (χ1n) is 9.45. The molecule has 0 radical (unpaired) electrons. The number of nitrogens with zero attached hydrogens (tertiary/aromatic N) is 7. The summed E-state index contributed by atoms with van der Waals surface area (Å²) < 4.78 is 3.51. The Kier molecular flexibility index (Phi) is 5.32. The average molecular weight is 395 g/mol. The maximum atomic E-state index is 13.0. The molecular formula is C19H21N7O3. The number of tetrazole rings is 1. The highest BCUT2D eigenvalue weighted by molar-refractivity contribution is 5.94. The monoisotopic (exact) mass is 395 g/mol. The van der Waals surface area contributed by atoms with Crippen LogP contribution in [-0.4, -0.2) is 58.4 Å². The van der Waals surface area contributed by atoms with Gasteiger partial charge in [0.25, 0.3) is 5.91 Å². The van der Waals surface area contributed by atoms with Gasteiger partial charge in [-0.1, -0.05) is 12.1 Å². The van der Waals surface area contributed by atoms with Crippen molar-refractivity contribution in [2.24, 2.45) is 0 Å². The molecule has 3 heterocycles. The van der Waals surface area contributed by atoms with E-state index in [1.165, 1.54) is 0 Å². The second kappa shape index (κ2) is 8.21. The molecule has 1 aromatic carbocycles. The Morgan fingerprint density at radius 3 is 2.69 bits per heavy atom. The van der Waals surface area contributed by atoms with Gasteiger partial charge < -0.3 is 10.0 Å². The highest BCUT2D eigenvalue weighted by Gasteiger charge is 2.22. The number of carbonyl (C=O) groups excluding carboxylic acids is 1. The summed E-state index contributed by atoms with van der Waals surface area (Å²) in [6.07, 6.45) is 2.79. The van der Waals surface area contributed by atoms with E-state index >= 15 is 0 Å². The van der Waals surface area contributed by atoms with E-state index in [-0.39, 0.29) is 12.3 Å². The van der Waals surface area contributed by atoms with Crippen LogP contribution in [0.25, 0.3) is 0 Å². The van der Waals surface area contributed by atoms with E-state index in [0.717, 1.165) is 29.9 Å². The topological polar surface area (TPSA) is 119 Å². The number of aryl methyl sites for hydroxylation is 2. The number of benzene rings is 1. The molecule has 1 aliphatic rings. The molecule has 0 bridgehead atoms. The number of aliphatic carboxylic acids is 1. The molecule has 0 unspecified atom stereocenters. The molecule has 2 aromatic heterocycles. The number of hydrogen-bond acceptors (Lipinski definition) is 6. The van der Waals surface area contributed by atoms with Crippen LogP contribution in [0.1, 0.15) is 40.2 Å². The lowest BCUT2D eigenvalue weighted by Gasteiger charge is -2.20. The minimum Gasteiger partial charge on any atom is -0.481 e. The summed E-state index contributed by atoms with van der Waals surface area (Å²) in [5.74, 6) is -0.866. The molecule has 0 saturated heterocycles. The van der Waals surface area contributed by atoms with Gasteiger partial charge in [-0.3, -0.25) is 14.3 Å². The zero-order chi connectivity index (χ0) is 20.2. The predicted molar refractivity (Wildman–Crippen MR) is 101 cm³/mol. The number of carboxylic acid groups (broad SMARTS) is 1. The second-order valence-electron chi connectivity index (χ2n) is 7.03. The molecule has 0 aliphatic carbocycles. The minimum absolute atomic E-state index is 0.0271. The van der Waals surface area contributed by atoms with Gasteiger partial charge in [0.05, 0.1) is 30.9 Å². The normalized spacial score (nSPS) is 13.7. The Bertz CT molecular complexity index is 995. The quantitative estimate of drug-likeness (QED) is 0.661. The molecule has 10 nitrogen and oxygen atoms in total. The van der Waals surface area contributed by atoms with Gasteiger partial charge in [-0.05, 0) is 40.6 Å². The summed E-state index contributed by atoms with van der Waals surface area (Å²) in [5.41, 5.74) is 3.32. The van der Waals surface area contributed by atoms with Crippen molar-refractivity contribution in [3.8, 4) is 0 Å².